The summed E-state index contributed by atoms with van der Waals surface area (Å²) in [7, 11) is 0. The zero-order chi connectivity index (χ0) is 9.35. The summed E-state index contributed by atoms with van der Waals surface area (Å²) in [4.78, 5) is 0. The predicted molar refractivity (Wildman–Crippen MR) is 48.4 cm³/mol. The van der Waals surface area contributed by atoms with Gasteiger partial charge in [-0.1, -0.05) is 0 Å². The molecule has 0 amide bonds. The predicted octanol–water partition coefficient (Wildman–Crippen LogP) is 1.38. The van der Waals surface area contributed by atoms with E-state index in [1.807, 2.05) is 18.7 Å². The number of hydrogen-bond acceptors (Lipinski definition) is 1. The Balaban J connectivity index is 3.00. The van der Waals surface area contributed by atoms with Crippen molar-refractivity contribution in [1.82, 2.24) is 4.57 Å². The number of hydrogen-bond donors (Lipinski definition) is 1. The van der Waals surface area contributed by atoms with Crippen molar-refractivity contribution in [3.05, 3.63) is 18.7 Å². The normalized spacial score (nSPS) is 11.7. The highest BCUT2D eigenvalue weighted by atomic mass is 15.2. The Hall–Kier alpha value is -1.12. The third-order valence-electron chi connectivity index (χ3n) is 1.80. The highest BCUT2D eigenvalue weighted by molar-refractivity contribution is 5.78. The SMILES string of the molecule is CC(=N)n1cc[n+](C(C)(C)C)c1. The quantitative estimate of drug-likeness (QED) is 0.343. The lowest BCUT2D eigenvalue weighted by molar-refractivity contribution is -0.753. The number of aromatic nitrogens is 2. The molecule has 12 heavy (non-hydrogen) atoms. The lowest BCUT2D eigenvalue weighted by Gasteiger charge is -2.13. The fourth-order valence-electron chi connectivity index (χ4n) is 0.950. The van der Waals surface area contributed by atoms with Crippen LogP contribution in [0.25, 0.3) is 0 Å². The summed E-state index contributed by atoms with van der Waals surface area (Å²) in [6.07, 6.45) is 5.81. The molecular formula is C9H16N3+. The molecule has 0 aromatic carbocycles. The first-order chi connectivity index (χ1) is 5.41. The van der Waals surface area contributed by atoms with Gasteiger partial charge in [-0.3, -0.25) is 5.41 Å². The molecule has 3 heteroatoms. The molecule has 0 bridgehead atoms. The molecule has 0 radical (unpaired) electrons. The second kappa shape index (κ2) is 2.73. The molecule has 0 unspecified atom stereocenters. The molecule has 0 aliphatic carbocycles. The van der Waals surface area contributed by atoms with E-state index in [0.29, 0.717) is 5.84 Å². The first-order valence-electron chi connectivity index (χ1n) is 4.06. The largest absolute Gasteiger partial charge is 0.267 e. The minimum absolute atomic E-state index is 0.0979. The van der Waals surface area contributed by atoms with Crippen LogP contribution < -0.4 is 4.57 Å². The number of nitrogens with zero attached hydrogens (tertiary/aromatic N) is 2. The Kier molecular flexibility index (Phi) is 2.04. The topological polar surface area (TPSA) is 32.7 Å². The maximum atomic E-state index is 7.40. The van der Waals surface area contributed by atoms with Gasteiger partial charge in [0, 0.05) is 6.92 Å². The van der Waals surface area contributed by atoms with Gasteiger partial charge in [0.2, 0.25) is 6.33 Å². The molecule has 0 aliphatic heterocycles. The van der Waals surface area contributed by atoms with Gasteiger partial charge in [0.15, 0.2) is 5.84 Å². The molecule has 1 aromatic rings. The van der Waals surface area contributed by atoms with E-state index in [1.54, 1.807) is 11.5 Å². The third kappa shape index (κ3) is 1.72. The molecule has 1 heterocycles. The van der Waals surface area contributed by atoms with Gasteiger partial charge in [-0.05, 0) is 20.8 Å². The van der Waals surface area contributed by atoms with Gasteiger partial charge in [-0.2, -0.15) is 4.57 Å². The minimum Gasteiger partial charge on any atom is -0.267 e. The van der Waals surface area contributed by atoms with E-state index in [0.717, 1.165) is 0 Å². The monoisotopic (exact) mass is 166 g/mol. The number of nitrogens with one attached hydrogen (secondary N) is 1. The zero-order valence-corrected chi connectivity index (χ0v) is 8.13. The zero-order valence-electron chi connectivity index (χ0n) is 8.13. The average Bonchev–Trinajstić information content (AvgIpc) is 2.30. The summed E-state index contributed by atoms with van der Waals surface area (Å²) in [5.74, 6) is 0.540. The first kappa shape index (κ1) is 8.97. The van der Waals surface area contributed by atoms with E-state index in [-0.39, 0.29) is 5.54 Å². The molecule has 0 atom stereocenters. The molecule has 0 saturated carbocycles. The molecule has 66 valence electrons. The third-order valence-corrected chi connectivity index (χ3v) is 1.80. The van der Waals surface area contributed by atoms with Crippen LogP contribution in [-0.4, -0.2) is 10.4 Å². The molecule has 1 aromatic heterocycles. The lowest BCUT2D eigenvalue weighted by Crippen LogP contribution is -2.48. The van der Waals surface area contributed by atoms with Gasteiger partial charge in [0.25, 0.3) is 0 Å². The number of rotatable bonds is 0. The van der Waals surface area contributed by atoms with Crippen LogP contribution in [0.4, 0.5) is 0 Å². The van der Waals surface area contributed by atoms with Crippen LogP contribution in [0, 0.1) is 5.41 Å². The summed E-state index contributed by atoms with van der Waals surface area (Å²) in [6.45, 7) is 8.18. The summed E-state index contributed by atoms with van der Waals surface area (Å²) < 4.78 is 3.89. The van der Waals surface area contributed by atoms with Crippen LogP contribution in [-0.2, 0) is 5.54 Å². The minimum atomic E-state index is 0.0979. The van der Waals surface area contributed by atoms with Crippen molar-refractivity contribution >= 4 is 5.84 Å². The second-order valence-electron chi connectivity index (χ2n) is 3.98. The van der Waals surface area contributed by atoms with Crippen molar-refractivity contribution in [1.29, 1.82) is 5.41 Å². The van der Waals surface area contributed by atoms with E-state index < -0.39 is 0 Å². The van der Waals surface area contributed by atoms with Gasteiger partial charge in [-0.25, -0.2) is 4.57 Å². The molecule has 0 saturated heterocycles. The van der Waals surface area contributed by atoms with Crippen LogP contribution in [0.5, 0.6) is 0 Å². The summed E-state index contributed by atoms with van der Waals surface area (Å²) in [5.41, 5.74) is 0.0979. The van der Waals surface area contributed by atoms with Gasteiger partial charge in [0.05, 0.1) is 0 Å². The lowest BCUT2D eigenvalue weighted by atomic mass is 10.1. The fourth-order valence-corrected chi connectivity index (χ4v) is 0.950. The molecule has 1 rings (SSSR count). The van der Waals surface area contributed by atoms with Gasteiger partial charge >= 0.3 is 0 Å². The van der Waals surface area contributed by atoms with Gasteiger partial charge in [0.1, 0.15) is 17.9 Å². The Morgan fingerprint density at radius 1 is 1.42 bits per heavy atom. The van der Waals surface area contributed by atoms with Crippen LogP contribution in [0.3, 0.4) is 0 Å². The standard InChI is InChI=1S/C9H16N3/c1-8(10)11-5-6-12(7-11)9(2,3)4/h5-7,10H,1-4H3/q+1. The highest BCUT2D eigenvalue weighted by Gasteiger charge is 2.19. The molecule has 1 N–H and O–H groups in total. The maximum Gasteiger partial charge on any atom is 0.250 e. The van der Waals surface area contributed by atoms with Crippen molar-refractivity contribution in [3.8, 4) is 0 Å². The molecule has 3 nitrogen and oxygen atoms in total. The van der Waals surface area contributed by atoms with Crippen LogP contribution >= 0.6 is 0 Å². The van der Waals surface area contributed by atoms with E-state index >= 15 is 0 Å². The van der Waals surface area contributed by atoms with Crippen molar-refractivity contribution in [3.63, 3.8) is 0 Å². The van der Waals surface area contributed by atoms with Gasteiger partial charge < -0.3 is 0 Å². The van der Waals surface area contributed by atoms with Crippen LogP contribution in [0.15, 0.2) is 18.7 Å². The smallest absolute Gasteiger partial charge is 0.250 e. The molecule has 0 aliphatic rings. The first-order valence-corrected chi connectivity index (χ1v) is 4.06. The Labute approximate surface area is 73.2 Å². The maximum absolute atomic E-state index is 7.40. The Bertz CT molecular complexity index is 291. The fraction of sp³-hybridized carbons (Fsp3) is 0.556. The van der Waals surface area contributed by atoms with E-state index in [4.69, 9.17) is 5.41 Å². The Morgan fingerprint density at radius 3 is 2.25 bits per heavy atom. The van der Waals surface area contributed by atoms with Crippen molar-refractivity contribution in [2.24, 2.45) is 0 Å². The number of imidazole rings is 1. The highest BCUT2D eigenvalue weighted by Crippen LogP contribution is 2.02. The summed E-state index contributed by atoms with van der Waals surface area (Å²) in [5, 5.41) is 7.40. The van der Waals surface area contributed by atoms with Crippen molar-refractivity contribution < 1.29 is 4.57 Å². The van der Waals surface area contributed by atoms with Crippen LogP contribution in [0.1, 0.15) is 27.7 Å². The average molecular weight is 166 g/mol. The van der Waals surface area contributed by atoms with Crippen molar-refractivity contribution in [2.45, 2.75) is 33.2 Å². The summed E-state index contributed by atoms with van der Waals surface area (Å²) >= 11 is 0. The van der Waals surface area contributed by atoms with Crippen LogP contribution in [0.2, 0.25) is 0 Å². The van der Waals surface area contributed by atoms with E-state index in [2.05, 4.69) is 25.3 Å². The molecule has 0 spiro atoms. The molecular weight excluding hydrogens is 150 g/mol. The molecule has 0 fully saturated rings. The van der Waals surface area contributed by atoms with E-state index in [9.17, 15) is 0 Å². The summed E-state index contributed by atoms with van der Waals surface area (Å²) in [6, 6.07) is 0. The van der Waals surface area contributed by atoms with E-state index in [1.165, 1.54) is 0 Å². The second-order valence-corrected chi connectivity index (χ2v) is 3.98. The Morgan fingerprint density at radius 2 is 2.00 bits per heavy atom. The van der Waals surface area contributed by atoms with Gasteiger partial charge in [-0.15, -0.1) is 0 Å². The van der Waals surface area contributed by atoms with Crippen molar-refractivity contribution in [2.75, 3.05) is 0 Å².